The van der Waals surface area contributed by atoms with Crippen LogP contribution in [0.25, 0.3) is 5.83 Å². The zero-order chi connectivity index (χ0) is 30.6. The molecule has 40 heavy (non-hydrogen) atoms. The molecular formula is C24H18ClF11N2O2. The molecule has 0 bridgehead atoms. The summed E-state index contributed by atoms with van der Waals surface area (Å²) in [6.07, 6.45) is -19.1. The van der Waals surface area contributed by atoms with Crippen LogP contribution in [0.15, 0.2) is 42.5 Å². The largest absolute Gasteiger partial charge is 0.417 e. The number of halogens is 12. The molecule has 0 heterocycles. The summed E-state index contributed by atoms with van der Waals surface area (Å²) in [5.74, 6) is -8.18. The van der Waals surface area contributed by atoms with Gasteiger partial charge in [0.05, 0.1) is 28.7 Å². The van der Waals surface area contributed by atoms with Crippen molar-refractivity contribution in [2.75, 3.05) is 0 Å². The highest BCUT2D eigenvalue weighted by atomic mass is 35.5. The van der Waals surface area contributed by atoms with Gasteiger partial charge in [-0.2, -0.15) is 39.5 Å². The van der Waals surface area contributed by atoms with Crippen LogP contribution < -0.4 is 10.6 Å². The number of hydrogen-bond donors (Lipinski definition) is 2. The fraction of sp³-hybridized carbons (Fsp3) is 0.333. The van der Waals surface area contributed by atoms with Gasteiger partial charge in [-0.15, -0.1) is 0 Å². The second-order valence-corrected chi connectivity index (χ2v) is 8.75. The zero-order valence-electron chi connectivity index (χ0n) is 20.0. The smallest absolute Gasteiger partial charge is 0.336 e. The van der Waals surface area contributed by atoms with Crippen LogP contribution in [0.3, 0.4) is 0 Å². The van der Waals surface area contributed by atoms with E-state index in [2.05, 4.69) is 0 Å². The summed E-state index contributed by atoms with van der Waals surface area (Å²) in [5.41, 5.74) is -4.56. The number of nitrogens with one attached hydrogen (secondary N) is 2. The van der Waals surface area contributed by atoms with Gasteiger partial charge in [0.2, 0.25) is 5.91 Å². The first-order chi connectivity index (χ1) is 18.2. The van der Waals surface area contributed by atoms with E-state index in [0.717, 1.165) is 6.92 Å². The van der Waals surface area contributed by atoms with Crippen molar-refractivity contribution in [1.82, 2.24) is 10.6 Å². The first-order valence-corrected chi connectivity index (χ1v) is 11.3. The molecule has 4 nitrogen and oxygen atoms in total. The molecule has 0 saturated heterocycles. The molecule has 2 amide bonds. The Kier molecular flexibility index (Phi) is 10.2. The van der Waals surface area contributed by atoms with Crippen molar-refractivity contribution in [1.29, 1.82) is 0 Å². The molecule has 220 valence electrons. The summed E-state index contributed by atoms with van der Waals surface area (Å²) in [6.45, 7) is 1.05. The molecule has 0 radical (unpaired) electrons. The van der Waals surface area contributed by atoms with Crippen molar-refractivity contribution in [3.63, 3.8) is 0 Å². The monoisotopic (exact) mass is 610 g/mol. The van der Waals surface area contributed by atoms with Gasteiger partial charge in [0.15, 0.2) is 0 Å². The number of rotatable bonds is 8. The zero-order valence-corrected chi connectivity index (χ0v) is 20.7. The number of benzene rings is 2. The lowest BCUT2D eigenvalue weighted by Gasteiger charge is -2.20. The molecule has 0 saturated carbocycles. The summed E-state index contributed by atoms with van der Waals surface area (Å²) < 4.78 is 147. The van der Waals surface area contributed by atoms with E-state index in [4.69, 9.17) is 11.6 Å². The van der Waals surface area contributed by atoms with Gasteiger partial charge in [0.25, 0.3) is 5.91 Å². The average Bonchev–Trinajstić information content (AvgIpc) is 2.80. The highest BCUT2D eigenvalue weighted by Gasteiger charge is 2.41. The number of allylic oxidation sites excluding steroid dienone is 1. The number of alkyl halides is 9. The number of amides is 2. The maximum atomic E-state index is 14.9. The first-order valence-electron chi connectivity index (χ1n) is 11.0. The molecule has 0 fully saturated rings. The Labute approximate surface area is 224 Å². The van der Waals surface area contributed by atoms with Crippen LogP contribution in [0, 0.1) is 5.82 Å². The molecule has 2 atom stereocenters. The number of carbonyl (C=O) groups is 2. The third-order valence-corrected chi connectivity index (χ3v) is 5.46. The lowest BCUT2D eigenvalue weighted by Crippen LogP contribution is -2.46. The predicted octanol–water partition coefficient (Wildman–Crippen LogP) is 7.69. The van der Waals surface area contributed by atoms with Crippen LogP contribution >= 0.6 is 11.6 Å². The molecule has 0 aromatic heterocycles. The van der Waals surface area contributed by atoms with Crippen LogP contribution in [-0.4, -0.2) is 30.3 Å². The quantitative estimate of drug-likeness (QED) is 0.238. The summed E-state index contributed by atoms with van der Waals surface area (Å²) >= 11 is 5.49. The van der Waals surface area contributed by atoms with Crippen LogP contribution in [-0.2, 0) is 11.0 Å². The minimum absolute atomic E-state index is 0.0443. The minimum Gasteiger partial charge on any atom is -0.336 e. The van der Waals surface area contributed by atoms with Crippen LogP contribution in [0.5, 0.6) is 0 Å². The predicted molar refractivity (Wildman–Crippen MR) is 121 cm³/mol. The highest BCUT2D eigenvalue weighted by Crippen LogP contribution is 2.40. The third-order valence-electron chi connectivity index (χ3n) is 5.17. The first kappa shape index (κ1) is 32.8. The SMILES string of the molecule is CC(NC(=O)CCC(F)(F)F)NC(=O)c1ccc(/C(F)=C/C(c2ccc(F)c(Cl)c2)C(F)(F)F)cc1C(F)(F)F. The van der Waals surface area contributed by atoms with Gasteiger partial charge in [-0.25, -0.2) is 8.78 Å². The van der Waals surface area contributed by atoms with E-state index in [1.165, 1.54) is 0 Å². The molecule has 0 aliphatic rings. The lowest BCUT2D eigenvalue weighted by atomic mass is 9.95. The van der Waals surface area contributed by atoms with Gasteiger partial charge in [-0.05, 0) is 42.8 Å². The van der Waals surface area contributed by atoms with Gasteiger partial charge >= 0.3 is 18.5 Å². The summed E-state index contributed by atoms with van der Waals surface area (Å²) in [7, 11) is 0. The Balaban J connectivity index is 2.36. The summed E-state index contributed by atoms with van der Waals surface area (Å²) in [4.78, 5) is 24.0. The van der Waals surface area contributed by atoms with Gasteiger partial charge in [-0.1, -0.05) is 23.7 Å². The maximum absolute atomic E-state index is 14.9. The van der Waals surface area contributed by atoms with E-state index >= 15 is 0 Å². The van der Waals surface area contributed by atoms with Gasteiger partial charge in [-0.3, -0.25) is 9.59 Å². The Morgan fingerprint density at radius 2 is 1.57 bits per heavy atom. The molecule has 16 heteroatoms. The minimum atomic E-state index is -5.31. The molecule has 0 aliphatic heterocycles. The van der Waals surface area contributed by atoms with Crippen LogP contribution in [0.2, 0.25) is 5.02 Å². The normalized spacial score (nSPS) is 14.5. The second kappa shape index (κ2) is 12.4. The van der Waals surface area contributed by atoms with Gasteiger partial charge in [0.1, 0.15) is 17.6 Å². The molecule has 2 aromatic rings. The van der Waals surface area contributed by atoms with Gasteiger partial charge in [0, 0.05) is 12.0 Å². The fourth-order valence-electron chi connectivity index (χ4n) is 3.33. The summed E-state index contributed by atoms with van der Waals surface area (Å²) in [5, 5.41) is 3.15. The van der Waals surface area contributed by atoms with Crippen molar-refractivity contribution in [3.8, 4) is 0 Å². The maximum Gasteiger partial charge on any atom is 0.417 e. The molecular weight excluding hydrogens is 593 g/mol. The lowest BCUT2D eigenvalue weighted by molar-refractivity contribution is -0.144. The topological polar surface area (TPSA) is 58.2 Å². The second-order valence-electron chi connectivity index (χ2n) is 8.34. The Hall–Kier alpha value is -3.36. The van der Waals surface area contributed by atoms with E-state index in [1.54, 1.807) is 0 Å². The molecule has 0 aliphatic carbocycles. The number of hydrogen-bond acceptors (Lipinski definition) is 2. The van der Waals surface area contributed by atoms with E-state index < -0.39 is 94.2 Å². The van der Waals surface area contributed by atoms with E-state index in [1.807, 2.05) is 10.6 Å². The molecule has 2 aromatic carbocycles. The third kappa shape index (κ3) is 9.38. The Morgan fingerprint density at radius 1 is 0.950 bits per heavy atom. The van der Waals surface area contributed by atoms with E-state index in [-0.39, 0.29) is 12.1 Å². The summed E-state index contributed by atoms with van der Waals surface area (Å²) in [6, 6.07) is 2.98. The molecule has 2 unspecified atom stereocenters. The molecule has 2 rings (SSSR count). The Morgan fingerprint density at radius 3 is 2.10 bits per heavy atom. The Bertz CT molecular complexity index is 1270. The van der Waals surface area contributed by atoms with Crippen molar-refractivity contribution in [3.05, 3.63) is 75.6 Å². The van der Waals surface area contributed by atoms with Crippen molar-refractivity contribution < 1.29 is 57.9 Å². The fourth-order valence-corrected chi connectivity index (χ4v) is 3.52. The van der Waals surface area contributed by atoms with Crippen molar-refractivity contribution >= 4 is 29.2 Å². The van der Waals surface area contributed by atoms with Gasteiger partial charge < -0.3 is 10.6 Å². The van der Waals surface area contributed by atoms with Crippen LogP contribution in [0.4, 0.5) is 48.3 Å². The number of carbonyl (C=O) groups excluding carboxylic acids is 2. The van der Waals surface area contributed by atoms with Crippen molar-refractivity contribution in [2.24, 2.45) is 0 Å². The standard InChI is InChI=1S/C24H18ClF11N2O2/c1-11(37-20(39)6-7-22(28,29)30)38-21(40)14-4-2-13(8-16(14)24(34,35)36)19(27)10-15(23(31,32)33)12-3-5-18(26)17(25)9-12/h2-5,8-11,15H,6-7H2,1H3,(H,37,39)(H,38,40)/b19-10-. The molecule has 2 N–H and O–H groups in total. The van der Waals surface area contributed by atoms with E-state index in [9.17, 15) is 57.9 Å². The van der Waals surface area contributed by atoms with Crippen molar-refractivity contribution in [2.45, 2.75) is 50.4 Å². The van der Waals surface area contributed by atoms with Crippen LogP contribution in [0.1, 0.15) is 52.7 Å². The average molecular weight is 611 g/mol. The molecule has 0 spiro atoms. The van der Waals surface area contributed by atoms with E-state index in [0.29, 0.717) is 30.3 Å². The highest BCUT2D eigenvalue weighted by molar-refractivity contribution is 6.30.